The number of rotatable bonds is 4. The first kappa shape index (κ1) is 18.5. The van der Waals surface area contributed by atoms with Crippen molar-refractivity contribution in [3.05, 3.63) is 47.5 Å². The van der Waals surface area contributed by atoms with Crippen LogP contribution in [-0.4, -0.2) is 66.9 Å². The van der Waals surface area contributed by atoms with Gasteiger partial charge in [-0.1, -0.05) is 36.4 Å². The molecule has 4 heteroatoms. The predicted molar refractivity (Wildman–Crippen MR) is 111 cm³/mol. The monoisotopic (exact) mass is 365 g/mol. The lowest BCUT2D eigenvalue weighted by Crippen LogP contribution is -2.44. The summed E-state index contributed by atoms with van der Waals surface area (Å²) in [6.45, 7) is 7.03. The van der Waals surface area contributed by atoms with Crippen LogP contribution in [0.3, 0.4) is 0 Å². The fraction of sp³-hybridized carbons (Fsp3) is 0.522. The van der Waals surface area contributed by atoms with Gasteiger partial charge in [0.25, 0.3) is 0 Å². The van der Waals surface area contributed by atoms with Gasteiger partial charge in [0.2, 0.25) is 5.91 Å². The highest BCUT2D eigenvalue weighted by molar-refractivity contribution is 5.86. The Morgan fingerprint density at radius 1 is 1.07 bits per heavy atom. The van der Waals surface area contributed by atoms with E-state index in [0.717, 1.165) is 26.2 Å². The molecule has 0 N–H and O–H groups in total. The van der Waals surface area contributed by atoms with E-state index in [-0.39, 0.29) is 5.91 Å². The van der Waals surface area contributed by atoms with Crippen LogP contribution in [0.4, 0.5) is 0 Å². The Kier molecular flexibility index (Phi) is 5.20. The molecule has 0 radical (unpaired) electrons. The number of fused-ring (bicyclic) bond motifs is 5. The molecule has 3 heterocycles. The third kappa shape index (κ3) is 3.87. The van der Waals surface area contributed by atoms with Crippen LogP contribution in [0.15, 0.2) is 36.4 Å². The first-order chi connectivity index (χ1) is 13.0. The van der Waals surface area contributed by atoms with E-state index in [2.05, 4.69) is 53.1 Å². The molecule has 1 amide bonds. The molecule has 0 saturated carbocycles. The Morgan fingerprint density at radius 2 is 1.89 bits per heavy atom. The maximum atomic E-state index is 12.2. The van der Waals surface area contributed by atoms with E-state index in [1.54, 1.807) is 4.90 Å². The van der Waals surface area contributed by atoms with E-state index < -0.39 is 0 Å². The molecule has 0 aromatic heterocycles. The lowest BCUT2D eigenvalue weighted by atomic mass is 9.93. The molecule has 3 aliphatic rings. The molecule has 0 spiro atoms. The molecule has 3 fully saturated rings. The Balaban J connectivity index is 1.54. The second-order valence-corrected chi connectivity index (χ2v) is 8.59. The van der Waals surface area contributed by atoms with Gasteiger partial charge in [-0.3, -0.25) is 14.6 Å². The summed E-state index contributed by atoms with van der Waals surface area (Å²) in [5.41, 5.74) is 2.85. The quantitative estimate of drug-likeness (QED) is 0.833. The minimum atomic E-state index is 0.216. The Hall–Kier alpha value is -1.91. The first-order valence-corrected chi connectivity index (χ1v) is 10.1. The van der Waals surface area contributed by atoms with Crippen molar-refractivity contribution in [3.63, 3.8) is 0 Å². The smallest absolute Gasteiger partial charge is 0.236 e. The average molecular weight is 366 g/mol. The number of piperidine rings is 1. The molecule has 0 unspecified atom stereocenters. The maximum absolute atomic E-state index is 12.2. The van der Waals surface area contributed by atoms with Gasteiger partial charge in [0.15, 0.2) is 0 Å². The van der Waals surface area contributed by atoms with Crippen LogP contribution < -0.4 is 0 Å². The summed E-state index contributed by atoms with van der Waals surface area (Å²) >= 11 is 0. The van der Waals surface area contributed by atoms with E-state index in [1.807, 2.05) is 14.1 Å². The first-order valence-electron chi connectivity index (χ1n) is 10.1. The van der Waals surface area contributed by atoms with E-state index in [1.165, 1.54) is 34.7 Å². The van der Waals surface area contributed by atoms with E-state index in [9.17, 15) is 4.79 Å². The number of benzene rings is 2. The molecule has 3 saturated heterocycles. The van der Waals surface area contributed by atoms with Gasteiger partial charge in [-0.2, -0.15) is 0 Å². The zero-order valence-corrected chi connectivity index (χ0v) is 16.8. The van der Waals surface area contributed by atoms with Crippen LogP contribution in [0.2, 0.25) is 0 Å². The van der Waals surface area contributed by atoms with Crippen molar-refractivity contribution in [2.75, 3.05) is 40.3 Å². The van der Waals surface area contributed by atoms with Gasteiger partial charge in [0.05, 0.1) is 6.54 Å². The van der Waals surface area contributed by atoms with Gasteiger partial charge in [0.1, 0.15) is 0 Å². The Morgan fingerprint density at radius 3 is 2.70 bits per heavy atom. The highest BCUT2D eigenvalue weighted by Gasteiger charge is 2.35. The van der Waals surface area contributed by atoms with E-state index >= 15 is 0 Å². The largest absolute Gasteiger partial charge is 0.348 e. The summed E-state index contributed by atoms with van der Waals surface area (Å²) in [5, 5.41) is 2.72. The minimum Gasteiger partial charge on any atom is -0.348 e. The number of carbonyl (C=O) groups excluding carboxylic acids is 1. The van der Waals surface area contributed by atoms with Crippen molar-refractivity contribution < 1.29 is 4.79 Å². The number of amides is 1. The Labute approximate surface area is 162 Å². The third-order valence-corrected chi connectivity index (χ3v) is 6.40. The standard InChI is InChI=1S/C23H31N3O/c1-17-8-10-19-6-4-5-7-21(19)22(17)15-26-13-18-9-11-20(26)14-25(12-18)16-23(27)24(2)3/h4-8,10,18,20H,9,11-16H2,1-3H3/t18-,20+/m0/s1. The van der Waals surface area contributed by atoms with Gasteiger partial charge in [-0.25, -0.2) is 0 Å². The molecule has 4 nitrogen and oxygen atoms in total. The maximum Gasteiger partial charge on any atom is 0.236 e. The lowest BCUT2D eigenvalue weighted by Gasteiger charge is -2.36. The van der Waals surface area contributed by atoms with Crippen LogP contribution in [0.1, 0.15) is 24.0 Å². The highest BCUT2D eigenvalue weighted by atomic mass is 16.2. The van der Waals surface area contributed by atoms with Crippen molar-refractivity contribution in [2.45, 2.75) is 32.4 Å². The third-order valence-electron chi connectivity index (χ3n) is 6.40. The SMILES string of the molecule is Cc1ccc2ccccc2c1CN1C[C@H]2CC[C@@H]1CN(CC(=O)N(C)C)C2. The summed E-state index contributed by atoms with van der Waals surface area (Å²) < 4.78 is 0. The van der Waals surface area contributed by atoms with Gasteiger partial charge in [-0.15, -0.1) is 0 Å². The van der Waals surface area contributed by atoms with Crippen LogP contribution >= 0.6 is 0 Å². The Bertz CT molecular complexity index is 831. The van der Waals surface area contributed by atoms with Crippen LogP contribution in [-0.2, 0) is 11.3 Å². The van der Waals surface area contributed by atoms with Gasteiger partial charge < -0.3 is 4.90 Å². The van der Waals surface area contributed by atoms with Crippen LogP contribution in [0, 0.1) is 12.8 Å². The molecule has 5 rings (SSSR count). The van der Waals surface area contributed by atoms with Gasteiger partial charge in [0, 0.05) is 46.3 Å². The molecule has 144 valence electrons. The highest BCUT2D eigenvalue weighted by Crippen LogP contribution is 2.31. The summed E-state index contributed by atoms with van der Waals surface area (Å²) in [7, 11) is 3.70. The van der Waals surface area contributed by atoms with E-state index in [4.69, 9.17) is 0 Å². The summed E-state index contributed by atoms with van der Waals surface area (Å²) in [4.78, 5) is 19.0. The minimum absolute atomic E-state index is 0.216. The van der Waals surface area contributed by atoms with Crippen molar-refractivity contribution in [3.8, 4) is 0 Å². The van der Waals surface area contributed by atoms with Crippen molar-refractivity contribution in [1.29, 1.82) is 0 Å². The number of likely N-dealkylation sites (N-methyl/N-ethyl adjacent to an activating group) is 1. The summed E-state index contributed by atoms with van der Waals surface area (Å²) in [5.74, 6) is 0.891. The van der Waals surface area contributed by atoms with Crippen LogP contribution in [0.25, 0.3) is 10.8 Å². The van der Waals surface area contributed by atoms with Gasteiger partial charge in [-0.05, 0) is 47.6 Å². The molecule has 27 heavy (non-hydrogen) atoms. The second kappa shape index (κ2) is 7.61. The fourth-order valence-electron chi connectivity index (χ4n) is 4.79. The molecule has 2 bridgehead atoms. The number of carbonyl (C=O) groups is 1. The van der Waals surface area contributed by atoms with Crippen molar-refractivity contribution in [2.24, 2.45) is 5.92 Å². The predicted octanol–water partition coefficient (Wildman–Crippen LogP) is 3.13. The van der Waals surface area contributed by atoms with E-state index in [0.29, 0.717) is 18.5 Å². The molecule has 2 aromatic rings. The topological polar surface area (TPSA) is 26.8 Å². The van der Waals surface area contributed by atoms with Crippen LogP contribution in [0.5, 0.6) is 0 Å². The average Bonchev–Trinajstić information content (AvgIpc) is 2.94. The van der Waals surface area contributed by atoms with Gasteiger partial charge >= 0.3 is 0 Å². The zero-order chi connectivity index (χ0) is 19.0. The molecule has 0 aliphatic carbocycles. The molecular formula is C23H31N3O. The number of aryl methyl sites for hydroxylation is 1. The molecule has 3 aliphatic heterocycles. The molecular weight excluding hydrogens is 334 g/mol. The van der Waals surface area contributed by atoms with Crippen molar-refractivity contribution in [1.82, 2.24) is 14.7 Å². The number of hydrogen-bond donors (Lipinski definition) is 0. The zero-order valence-electron chi connectivity index (χ0n) is 16.8. The summed E-state index contributed by atoms with van der Waals surface area (Å²) in [6.07, 6.45) is 2.55. The number of nitrogens with zero attached hydrogens (tertiary/aromatic N) is 3. The van der Waals surface area contributed by atoms with Crippen molar-refractivity contribution >= 4 is 16.7 Å². The molecule has 2 atom stereocenters. The fourth-order valence-corrected chi connectivity index (χ4v) is 4.79. The summed E-state index contributed by atoms with van der Waals surface area (Å²) in [6, 6.07) is 13.8. The molecule has 2 aromatic carbocycles. The number of hydrogen-bond acceptors (Lipinski definition) is 3. The lowest BCUT2D eigenvalue weighted by molar-refractivity contribution is -0.130. The second-order valence-electron chi connectivity index (χ2n) is 8.59. The normalized spacial score (nSPS) is 23.5.